The number of amides is 2. The van der Waals surface area contributed by atoms with Gasteiger partial charge >= 0.3 is 0 Å². The van der Waals surface area contributed by atoms with E-state index in [0.717, 1.165) is 5.56 Å². The van der Waals surface area contributed by atoms with E-state index < -0.39 is 0 Å². The van der Waals surface area contributed by atoms with E-state index in [1.54, 1.807) is 53.7 Å². The molecule has 0 saturated carbocycles. The first-order valence-corrected chi connectivity index (χ1v) is 8.09. The maximum atomic E-state index is 12.8. The van der Waals surface area contributed by atoms with E-state index in [1.807, 2.05) is 12.1 Å². The van der Waals surface area contributed by atoms with Crippen LogP contribution in [0.15, 0.2) is 60.6 Å². The fourth-order valence-corrected chi connectivity index (χ4v) is 2.50. The lowest BCUT2D eigenvalue weighted by Gasteiger charge is -2.27. The molecular formula is C19H19N3O3. The average Bonchev–Trinajstić information content (AvgIpc) is 2.69. The van der Waals surface area contributed by atoms with Gasteiger partial charge in [-0.05, 0) is 29.8 Å². The second kappa shape index (κ2) is 8.21. The van der Waals surface area contributed by atoms with Gasteiger partial charge in [0.25, 0.3) is 11.8 Å². The Bertz CT molecular complexity index is 754. The highest BCUT2D eigenvalue weighted by Gasteiger charge is 2.22. The first-order valence-electron chi connectivity index (χ1n) is 8.09. The van der Waals surface area contributed by atoms with Gasteiger partial charge in [-0.25, -0.2) is 0 Å². The van der Waals surface area contributed by atoms with Gasteiger partial charge in [-0.2, -0.15) is 0 Å². The molecule has 2 aromatic rings. The molecule has 6 heteroatoms. The van der Waals surface area contributed by atoms with Crippen molar-refractivity contribution < 1.29 is 14.3 Å². The third-order valence-corrected chi connectivity index (χ3v) is 3.81. The Balaban J connectivity index is 1.85. The number of nitrogens with one attached hydrogen (secondary N) is 1. The van der Waals surface area contributed by atoms with Crippen LogP contribution in [0.4, 0.5) is 0 Å². The molecule has 2 amide bonds. The fourth-order valence-electron chi connectivity index (χ4n) is 2.50. The van der Waals surface area contributed by atoms with Crippen molar-refractivity contribution in [2.45, 2.75) is 0 Å². The van der Waals surface area contributed by atoms with Crippen molar-refractivity contribution in [3.63, 3.8) is 0 Å². The molecule has 1 saturated heterocycles. The molecule has 2 heterocycles. The monoisotopic (exact) mass is 337 g/mol. The number of rotatable bonds is 4. The molecule has 128 valence electrons. The van der Waals surface area contributed by atoms with Crippen molar-refractivity contribution in [1.82, 2.24) is 15.2 Å². The average molecular weight is 337 g/mol. The maximum absolute atomic E-state index is 12.8. The maximum Gasteiger partial charge on any atom is 0.270 e. The number of carbonyl (C=O) groups excluding carboxylic acids is 2. The molecule has 6 nitrogen and oxygen atoms in total. The van der Waals surface area contributed by atoms with Crippen LogP contribution in [-0.4, -0.2) is 48.0 Å². The highest BCUT2D eigenvalue weighted by Crippen LogP contribution is 2.10. The SMILES string of the molecule is O=C(N/C(=C\c1cccnc1)C(=O)N1CCOCC1)c1ccccc1. The summed E-state index contributed by atoms with van der Waals surface area (Å²) in [5.41, 5.74) is 1.46. The van der Waals surface area contributed by atoms with E-state index in [-0.39, 0.29) is 17.5 Å². The van der Waals surface area contributed by atoms with Crippen molar-refractivity contribution in [1.29, 1.82) is 0 Å². The third-order valence-electron chi connectivity index (χ3n) is 3.81. The first kappa shape index (κ1) is 16.9. The van der Waals surface area contributed by atoms with Crippen LogP contribution in [-0.2, 0) is 9.53 Å². The van der Waals surface area contributed by atoms with E-state index in [4.69, 9.17) is 4.74 Å². The number of ether oxygens (including phenoxy) is 1. The van der Waals surface area contributed by atoms with Crippen LogP contribution in [0, 0.1) is 0 Å². The van der Waals surface area contributed by atoms with Gasteiger partial charge in [-0.3, -0.25) is 14.6 Å². The van der Waals surface area contributed by atoms with E-state index in [9.17, 15) is 9.59 Å². The minimum atomic E-state index is -0.322. The smallest absolute Gasteiger partial charge is 0.270 e. The van der Waals surface area contributed by atoms with Crippen molar-refractivity contribution in [3.8, 4) is 0 Å². The lowest BCUT2D eigenvalue weighted by molar-refractivity contribution is -0.131. The quantitative estimate of drug-likeness (QED) is 0.862. The molecule has 1 N–H and O–H groups in total. The normalized spacial score (nSPS) is 14.9. The summed E-state index contributed by atoms with van der Waals surface area (Å²) >= 11 is 0. The number of pyridine rings is 1. The van der Waals surface area contributed by atoms with Gasteiger partial charge in [0.2, 0.25) is 0 Å². The zero-order valence-electron chi connectivity index (χ0n) is 13.7. The minimum absolute atomic E-state index is 0.226. The van der Waals surface area contributed by atoms with Gasteiger partial charge in [-0.1, -0.05) is 24.3 Å². The number of aromatic nitrogens is 1. The molecule has 25 heavy (non-hydrogen) atoms. The van der Waals surface area contributed by atoms with Crippen LogP contribution in [0.2, 0.25) is 0 Å². The number of benzene rings is 1. The van der Waals surface area contributed by atoms with Gasteiger partial charge in [0.1, 0.15) is 5.70 Å². The van der Waals surface area contributed by atoms with Gasteiger partial charge in [0.05, 0.1) is 13.2 Å². The molecule has 1 aliphatic rings. The molecule has 3 rings (SSSR count). The summed E-state index contributed by atoms with van der Waals surface area (Å²) in [7, 11) is 0. The summed E-state index contributed by atoms with van der Waals surface area (Å²) in [5, 5.41) is 2.74. The molecular weight excluding hydrogens is 318 g/mol. The van der Waals surface area contributed by atoms with E-state index in [1.165, 1.54) is 0 Å². The number of hydrogen-bond donors (Lipinski definition) is 1. The summed E-state index contributed by atoms with van der Waals surface area (Å²) in [5.74, 6) is -0.547. The third kappa shape index (κ3) is 4.51. The minimum Gasteiger partial charge on any atom is -0.378 e. The van der Waals surface area contributed by atoms with Crippen molar-refractivity contribution >= 4 is 17.9 Å². The first-order chi connectivity index (χ1) is 12.2. The van der Waals surface area contributed by atoms with Gasteiger partial charge < -0.3 is 15.0 Å². The zero-order valence-corrected chi connectivity index (χ0v) is 13.7. The lowest BCUT2D eigenvalue weighted by atomic mass is 10.2. The van der Waals surface area contributed by atoms with Crippen LogP contribution in [0.3, 0.4) is 0 Å². The summed E-state index contributed by atoms with van der Waals surface area (Å²) < 4.78 is 5.29. The molecule has 0 spiro atoms. The second-order valence-electron chi connectivity index (χ2n) is 5.57. The standard InChI is InChI=1S/C19H19N3O3/c23-18(16-6-2-1-3-7-16)21-17(13-15-5-4-8-20-14-15)19(24)22-9-11-25-12-10-22/h1-8,13-14H,9-12H2,(H,21,23)/b17-13-. The van der Waals surface area contributed by atoms with E-state index in [2.05, 4.69) is 10.3 Å². The predicted octanol–water partition coefficient (Wildman–Crippen LogP) is 1.71. The van der Waals surface area contributed by atoms with Crippen molar-refractivity contribution in [2.75, 3.05) is 26.3 Å². The lowest BCUT2D eigenvalue weighted by Crippen LogP contribution is -2.44. The second-order valence-corrected chi connectivity index (χ2v) is 5.57. The number of carbonyl (C=O) groups is 2. The van der Waals surface area contributed by atoms with Crippen LogP contribution in [0.5, 0.6) is 0 Å². The Labute approximate surface area is 146 Å². The molecule has 1 aromatic heterocycles. The van der Waals surface area contributed by atoms with E-state index in [0.29, 0.717) is 31.9 Å². The highest BCUT2D eigenvalue weighted by atomic mass is 16.5. The zero-order chi connectivity index (χ0) is 17.5. The summed E-state index contributed by atoms with van der Waals surface area (Å²) in [6, 6.07) is 12.4. The highest BCUT2D eigenvalue weighted by molar-refractivity contribution is 6.05. The Morgan fingerprint density at radius 2 is 1.84 bits per heavy atom. The molecule has 0 unspecified atom stereocenters. The van der Waals surface area contributed by atoms with Crippen LogP contribution < -0.4 is 5.32 Å². The Hall–Kier alpha value is -2.99. The molecule has 0 atom stereocenters. The number of nitrogens with zero attached hydrogens (tertiary/aromatic N) is 2. The van der Waals surface area contributed by atoms with Gasteiger partial charge in [0, 0.05) is 31.0 Å². The Morgan fingerprint density at radius 3 is 2.52 bits per heavy atom. The predicted molar refractivity (Wildman–Crippen MR) is 93.5 cm³/mol. The van der Waals surface area contributed by atoms with Crippen LogP contribution >= 0.6 is 0 Å². The van der Waals surface area contributed by atoms with Crippen molar-refractivity contribution in [2.24, 2.45) is 0 Å². The van der Waals surface area contributed by atoms with E-state index >= 15 is 0 Å². The molecule has 0 aliphatic carbocycles. The largest absolute Gasteiger partial charge is 0.378 e. The van der Waals surface area contributed by atoms with Crippen molar-refractivity contribution in [3.05, 3.63) is 71.7 Å². The molecule has 0 radical (unpaired) electrons. The van der Waals surface area contributed by atoms with Crippen LogP contribution in [0.1, 0.15) is 15.9 Å². The van der Waals surface area contributed by atoms with Crippen LogP contribution in [0.25, 0.3) is 6.08 Å². The molecule has 1 aliphatic heterocycles. The number of hydrogen-bond acceptors (Lipinski definition) is 4. The Kier molecular flexibility index (Phi) is 5.53. The Morgan fingerprint density at radius 1 is 1.08 bits per heavy atom. The van der Waals surface area contributed by atoms with Gasteiger partial charge in [0.15, 0.2) is 0 Å². The molecule has 0 bridgehead atoms. The summed E-state index contributed by atoms with van der Waals surface area (Å²) in [6.45, 7) is 2.01. The number of morpholine rings is 1. The summed E-state index contributed by atoms with van der Waals surface area (Å²) in [6.07, 6.45) is 4.94. The molecule has 1 aromatic carbocycles. The molecule has 1 fully saturated rings. The topological polar surface area (TPSA) is 71.5 Å². The fraction of sp³-hybridized carbons (Fsp3) is 0.211. The summed E-state index contributed by atoms with van der Waals surface area (Å²) in [4.78, 5) is 31.0. The van der Waals surface area contributed by atoms with Gasteiger partial charge in [-0.15, -0.1) is 0 Å².